The number of nitrogen functional groups attached to an aromatic ring is 1. The summed E-state index contributed by atoms with van der Waals surface area (Å²) in [6, 6.07) is 15.4. The van der Waals surface area contributed by atoms with Crippen molar-refractivity contribution in [3.63, 3.8) is 0 Å². The summed E-state index contributed by atoms with van der Waals surface area (Å²) in [4.78, 5) is 25.3. The monoisotopic (exact) mass is 350 g/mol. The third kappa shape index (κ3) is 3.16. The molecule has 1 heterocycles. The smallest absolute Gasteiger partial charge is 0.256 e. The number of pyridine rings is 1. The fraction of sp³-hybridized carbons (Fsp3) is 0.143. The highest BCUT2D eigenvalue weighted by Crippen LogP contribution is 2.25. The summed E-state index contributed by atoms with van der Waals surface area (Å²) in [7, 11) is 0. The number of halogens is 1. The molecule has 0 saturated carbocycles. The Balaban J connectivity index is 2.18. The second-order valence-electron chi connectivity index (χ2n) is 6.36. The number of anilines is 1. The molecule has 0 amide bonds. The highest BCUT2D eigenvalue weighted by Gasteiger charge is 2.18. The van der Waals surface area contributed by atoms with Crippen LogP contribution >= 0.6 is 0 Å². The minimum Gasteiger partial charge on any atom is -0.384 e. The van der Waals surface area contributed by atoms with E-state index in [0.29, 0.717) is 11.3 Å². The first kappa shape index (κ1) is 17.6. The lowest BCUT2D eigenvalue weighted by Gasteiger charge is -2.18. The molecule has 0 spiro atoms. The normalized spacial score (nSPS) is 10.9. The Morgan fingerprint density at radius 3 is 2.31 bits per heavy atom. The summed E-state index contributed by atoms with van der Waals surface area (Å²) >= 11 is 0. The van der Waals surface area contributed by atoms with E-state index in [-0.39, 0.29) is 28.6 Å². The second kappa shape index (κ2) is 6.96. The van der Waals surface area contributed by atoms with Gasteiger partial charge in [-0.05, 0) is 47.9 Å². The molecule has 0 unspecified atom stereocenters. The van der Waals surface area contributed by atoms with Crippen LogP contribution < -0.4 is 11.3 Å². The van der Waals surface area contributed by atoms with Gasteiger partial charge in [-0.2, -0.15) is 0 Å². The maximum absolute atomic E-state index is 13.1. The maximum Gasteiger partial charge on any atom is 0.256 e. The number of carbonyl (C=O) groups excluding carboxylic acids is 1. The van der Waals surface area contributed by atoms with Crippen molar-refractivity contribution < 1.29 is 9.18 Å². The van der Waals surface area contributed by atoms with Crippen molar-refractivity contribution in [2.75, 3.05) is 5.73 Å². The van der Waals surface area contributed by atoms with Crippen LogP contribution in [0.15, 0.2) is 65.5 Å². The van der Waals surface area contributed by atoms with Crippen LogP contribution in [0.5, 0.6) is 0 Å². The van der Waals surface area contributed by atoms with Crippen molar-refractivity contribution >= 4 is 11.6 Å². The van der Waals surface area contributed by atoms with Gasteiger partial charge >= 0.3 is 0 Å². The third-order valence-corrected chi connectivity index (χ3v) is 4.28. The van der Waals surface area contributed by atoms with Crippen molar-refractivity contribution in [2.24, 2.45) is 0 Å². The fourth-order valence-electron chi connectivity index (χ4n) is 2.93. The van der Waals surface area contributed by atoms with Crippen LogP contribution in [0.25, 0.3) is 5.69 Å². The molecule has 0 atom stereocenters. The number of benzene rings is 2. The Labute approximate surface area is 150 Å². The zero-order valence-corrected chi connectivity index (χ0v) is 14.6. The summed E-state index contributed by atoms with van der Waals surface area (Å²) in [6.45, 7) is 4.04. The van der Waals surface area contributed by atoms with Crippen LogP contribution in [-0.2, 0) is 0 Å². The van der Waals surface area contributed by atoms with Crippen molar-refractivity contribution in [3.05, 3.63) is 93.5 Å². The minimum atomic E-state index is -0.426. The molecule has 4 nitrogen and oxygen atoms in total. The van der Waals surface area contributed by atoms with Crippen LogP contribution in [0.4, 0.5) is 10.2 Å². The number of hydrogen-bond acceptors (Lipinski definition) is 3. The van der Waals surface area contributed by atoms with Crippen molar-refractivity contribution in [2.45, 2.75) is 19.8 Å². The Morgan fingerprint density at radius 2 is 1.65 bits per heavy atom. The molecule has 26 heavy (non-hydrogen) atoms. The van der Waals surface area contributed by atoms with Gasteiger partial charge in [-0.3, -0.25) is 14.2 Å². The molecule has 0 bridgehead atoms. The third-order valence-electron chi connectivity index (χ3n) is 4.28. The zero-order valence-electron chi connectivity index (χ0n) is 14.6. The molecular formula is C21H19FN2O2. The van der Waals surface area contributed by atoms with E-state index in [4.69, 9.17) is 5.73 Å². The van der Waals surface area contributed by atoms with Crippen molar-refractivity contribution in [1.29, 1.82) is 0 Å². The Hall–Kier alpha value is -3.21. The predicted molar refractivity (Wildman–Crippen MR) is 100 cm³/mol. The molecule has 132 valence electrons. The number of rotatable bonds is 4. The molecule has 3 aromatic rings. The highest BCUT2D eigenvalue weighted by molar-refractivity contribution is 6.11. The molecule has 0 aliphatic carbocycles. The van der Waals surface area contributed by atoms with E-state index in [9.17, 15) is 14.0 Å². The summed E-state index contributed by atoms with van der Waals surface area (Å²) in [5, 5.41) is 0. The first-order valence-electron chi connectivity index (χ1n) is 8.31. The molecule has 5 heteroatoms. The lowest BCUT2D eigenvalue weighted by Crippen LogP contribution is -2.24. The highest BCUT2D eigenvalue weighted by atomic mass is 19.1. The summed E-state index contributed by atoms with van der Waals surface area (Å²) in [5.41, 5.74) is 8.02. The molecule has 3 rings (SSSR count). The predicted octanol–water partition coefficient (Wildman–Crippen LogP) is 3.91. The van der Waals surface area contributed by atoms with Gasteiger partial charge in [-0.15, -0.1) is 0 Å². The largest absolute Gasteiger partial charge is 0.384 e. The van der Waals surface area contributed by atoms with E-state index < -0.39 is 5.82 Å². The van der Waals surface area contributed by atoms with Crippen molar-refractivity contribution in [1.82, 2.24) is 4.57 Å². The fourth-order valence-corrected chi connectivity index (χ4v) is 2.93. The van der Waals surface area contributed by atoms with E-state index in [2.05, 4.69) is 0 Å². The Bertz CT molecular complexity index is 1020. The Kier molecular flexibility index (Phi) is 4.71. The number of nitrogens with zero attached hydrogens (tertiary/aromatic N) is 1. The van der Waals surface area contributed by atoms with E-state index in [1.54, 1.807) is 6.07 Å². The molecule has 0 fully saturated rings. The quantitative estimate of drug-likeness (QED) is 0.726. The maximum atomic E-state index is 13.1. The summed E-state index contributed by atoms with van der Waals surface area (Å²) in [6.07, 6.45) is 0. The van der Waals surface area contributed by atoms with Gasteiger partial charge < -0.3 is 5.73 Å². The lowest BCUT2D eigenvalue weighted by atomic mass is 10.00. The van der Waals surface area contributed by atoms with Gasteiger partial charge in [0, 0.05) is 11.6 Å². The first-order chi connectivity index (χ1) is 12.4. The molecule has 2 aromatic carbocycles. The van der Waals surface area contributed by atoms with Crippen molar-refractivity contribution in [3.8, 4) is 5.69 Å². The van der Waals surface area contributed by atoms with Crippen LogP contribution in [0.2, 0.25) is 0 Å². The van der Waals surface area contributed by atoms with E-state index in [0.717, 1.165) is 5.56 Å². The lowest BCUT2D eigenvalue weighted by molar-refractivity contribution is 0.103. The standard InChI is InChI=1S/C21H19FN2O2/c1-13(2)16-5-3-4-6-18(16)24-19(25)12-11-17(21(24)23)20(26)14-7-9-15(22)10-8-14/h3-13H,23H2,1-2H3. The molecule has 0 saturated heterocycles. The Morgan fingerprint density at radius 1 is 1.00 bits per heavy atom. The van der Waals surface area contributed by atoms with Gasteiger partial charge in [0.05, 0.1) is 11.3 Å². The van der Waals surface area contributed by atoms with Gasteiger partial charge in [0.1, 0.15) is 11.6 Å². The minimum absolute atomic E-state index is 0.0694. The average Bonchev–Trinajstić information content (AvgIpc) is 2.62. The van der Waals surface area contributed by atoms with Crippen LogP contribution in [0.1, 0.15) is 41.3 Å². The number of carbonyl (C=O) groups is 1. The number of aromatic nitrogens is 1. The topological polar surface area (TPSA) is 65.1 Å². The molecule has 0 radical (unpaired) electrons. The number of para-hydroxylation sites is 1. The number of nitrogens with two attached hydrogens (primary N) is 1. The van der Waals surface area contributed by atoms with Gasteiger partial charge in [0.15, 0.2) is 5.78 Å². The number of hydrogen-bond donors (Lipinski definition) is 1. The second-order valence-corrected chi connectivity index (χ2v) is 6.36. The van der Waals surface area contributed by atoms with Crippen LogP contribution in [-0.4, -0.2) is 10.4 Å². The van der Waals surface area contributed by atoms with Crippen LogP contribution in [0.3, 0.4) is 0 Å². The van der Waals surface area contributed by atoms with Crippen LogP contribution in [0, 0.1) is 5.82 Å². The molecule has 1 aromatic heterocycles. The summed E-state index contributed by atoms with van der Waals surface area (Å²) < 4.78 is 14.5. The van der Waals surface area contributed by atoms with E-state index in [1.165, 1.54) is 41.0 Å². The van der Waals surface area contributed by atoms with E-state index >= 15 is 0 Å². The zero-order chi connectivity index (χ0) is 18.8. The summed E-state index contributed by atoms with van der Waals surface area (Å²) in [5.74, 6) is -0.544. The number of ketones is 1. The van der Waals surface area contributed by atoms with Gasteiger partial charge in [0.2, 0.25) is 0 Å². The molecule has 0 aliphatic heterocycles. The first-order valence-corrected chi connectivity index (χ1v) is 8.31. The average molecular weight is 350 g/mol. The van der Waals surface area contributed by atoms with Gasteiger partial charge in [0.25, 0.3) is 5.56 Å². The molecular weight excluding hydrogens is 331 g/mol. The van der Waals surface area contributed by atoms with Gasteiger partial charge in [-0.1, -0.05) is 32.0 Å². The molecule has 2 N–H and O–H groups in total. The molecule has 0 aliphatic rings. The SMILES string of the molecule is CC(C)c1ccccc1-n1c(N)c(C(=O)c2ccc(F)cc2)ccc1=O. The van der Waals surface area contributed by atoms with Gasteiger partial charge in [-0.25, -0.2) is 4.39 Å². The van der Waals surface area contributed by atoms with E-state index in [1.807, 2.05) is 32.0 Å².